The smallest absolute Gasteiger partial charge is 0.305 e. The first kappa shape index (κ1) is 12.2. The molecule has 0 bridgehead atoms. The molecular formula is C11H13N5O2. The number of rotatable bonds is 5. The van der Waals surface area contributed by atoms with Crippen molar-refractivity contribution in [3.05, 3.63) is 24.5 Å². The second kappa shape index (κ2) is 5.35. The summed E-state index contributed by atoms with van der Waals surface area (Å²) in [5, 5.41) is 20.3. The van der Waals surface area contributed by atoms with Crippen LogP contribution in [-0.2, 0) is 4.79 Å². The van der Waals surface area contributed by atoms with Crippen molar-refractivity contribution in [2.45, 2.75) is 25.8 Å². The molecule has 0 radical (unpaired) electrons. The van der Waals surface area contributed by atoms with Crippen LogP contribution >= 0.6 is 0 Å². The molecule has 0 amide bonds. The normalized spacial score (nSPS) is 12.3. The maximum Gasteiger partial charge on any atom is 0.305 e. The van der Waals surface area contributed by atoms with Crippen LogP contribution in [0.1, 0.15) is 25.8 Å². The van der Waals surface area contributed by atoms with Gasteiger partial charge in [-0.3, -0.25) is 9.78 Å². The Morgan fingerprint density at radius 2 is 2.39 bits per heavy atom. The summed E-state index contributed by atoms with van der Waals surface area (Å²) in [7, 11) is 0. The lowest BCUT2D eigenvalue weighted by atomic mass is 10.1. The van der Waals surface area contributed by atoms with Crippen LogP contribution in [0.4, 0.5) is 0 Å². The second-order valence-corrected chi connectivity index (χ2v) is 3.85. The molecule has 7 heteroatoms. The summed E-state index contributed by atoms with van der Waals surface area (Å²) in [6, 6.07) is 3.36. The van der Waals surface area contributed by atoms with Crippen LogP contribution in [-0.4, -0.2) is 36.3 Å². The number of aliphatic carboxylic acids is 1. The van der Waals surface area contributed by atoms with Gasteiger partial charge in [0.25, 0.3) is 0 Å². The molecule has 1 atom stereocenters. The van der Waals surface area contributed by atoms with Crippen LogP contribution < -0.4 is 0 Å². The zero-order valence-corrected chi connectivity index (χ0v) is 9.89. The van der Waals surface area contributed by atoms with E-state index in [0.717, 1.165) is 5.56 Å². The maximum absolute atomic E-state index is 10.8. The lowest BCUT2D eigenvalue weighted by molar-refractivity contribution is -0.138. The van der Waals surface area contributed by atoms with E-state index in [-0.39, 0.29) is 12.5 Å². The molecule has 18 heavy (non-hydrogen) atoms. The van der Waals surface area contributed by atoms with E-state index in [1.165, 1.54) is 0 Å². The van der Waals surface area contributed by atoms with E-state index in [0.29, 0.717) is 12.2 Å². The van der Waals surface area contributed by atoms with Gasteiger partial charge in [0.2, 0.25) is 0 Å². The van der Waals surface area contributed by atoms with Crippen molar-refractivity contribution < 1.29 is 9.90 Å². The molecule has 2 heterocycles. The lowest BCUT2D eigenvalue weighted by Crippen LogP contribution is -2.15. The number of carboxylic acid groups (broad SMARTS) is 1. The van der Waals surface area contributed by atoms with Gasteiger partial charge in [-0.1, -0.05) is 6.92 Å². The number of nitrogens with zero attached hydrogens (tertiary/aromatic N) is 5. The number of aromatic nitrogens is 5. The fourth-order valence-corrected chi connectivity index (χ4v) is 1.73. The summed E-state index contributed by atoms with van der Waals surface area (Å²) >= 11 is 0. The number of hydrogen-bond donors (Lipinski definition) is 1. The molecule has 2 aromatic heterocycles. The fourth-order valence-electron chi connectivity index (χ4n) is 1.73. The fraction of sp³-hybridized carbons (Fsp3) is 0.364. The third-order valence-electron chi connectivity index (χ3n) is 2.64. The molecule has 0 aromatic carbocycles. The Morgan fingerprint density at radius 3 is 3.00 bits per heavy atom. The minimum Gasteiger partial charge on any atom is -0.481 e. The SMILES string of the molecule is CCC(CC(=O)O)n1nnnc1-c1cccnc1. The second-order valence-electron chi connectivity index (χ2n) is 3.85. The average Bonchev–Trinajstić information content (AvgIpc) is 2.86. The highest BCUT2D eigenvalue weighted by Gasteiger charge is 2.19. The zero-order chi connectivity index (χ0) is 13.0. The Hall–Kier alpha value is -2.31. The van der Waals surface area contributed by atoms with Crippen molar-refractivity contribution in [2.75, 3.05) is 0 Å². The highest BCUT2D eigenvalue weighted by atomic mass is 16.4. The van der Waals surface area contributed by atoms with Gasteiger partial charge < -0.3 is 5.11 Å². The first-order valence-electron chi connectivity index (χ1n) is 5.62. The minimum atomic E-state index is -0.866. The molecule has 0 aliphatic rings. The maximum atomic E-state index is 10.8. The topological polar surface area (TPSA) is 93.8 Å². The van der Waals surface area contributed by atoms with Gasteiger partial charge in [-0.05, 0) is 29.0 Å². The molecule has 2 rings (SSSR count). The highest BCUT2D eigenvalue weighted by Crippen LogP contribution is 2.22. The number of carboxylic acids is 1. The summed E-state index contributed by atoms with van der Waals surface area (Å²) in [6.45, 7) is 1.91. The molecule has 0 saturated heterocycles. The molecule has 0 saturated carbocycles. The van der Waals surface area contributed by atoms with E-state index >= 15 is 0 Å². The van der Waals surface area contributed by atoms with Gasteiger partial charge in [0.15, 0.2) is 5.82 Å². The monoisotopic (exact) mass is 247 g/mol. The van der Waals surface area contributed by atoms with E-state index in [1.54, 1.807) is 23.1 Å². The van der Waals surface area contributed by atoms with Crippen molar-refractivity contribution in [1.82, 2.24) is 25.2 Å². The van der Waals surface area contributed by atoms with Crippen molar-refractivity contribution in [3.63, 3.8) is 0 Å². The summed E-state index contributed by atoms with van der Waals surface area (Å²) < 4.78 is 1.55. The summed E-state index contributed by atoms with van der Waals surface area (Å²) in [5.74, 6) is -0.328. The zero-order valence-electron chi connectivity index (χ0n) is 9.89. The minimum absolute atomic E-state index is 0.00516. The summed E-state index contributed by atoms with van der Waals surface area (Å²) in [4.78, 5) is 14.8. The molecule has 1 unspecified atom stereocenters. The Kier molecular flexibility index (Phi) is 3.61. The largest absolute Gasteiger partial charge is 0.481 e. The van der Waals surface area contributed by atoms with E-state index in [4.69, 9.17) is 5.11 Å². The van der Waals surface area contributed by atoms with E-state index in [1.807, 2.05) is 13.0 Å². The van der Waals surface area contributed by atoms with Crippen LogP contribution in [0.3, 0.4) is 0 Å². The predicted molar refractivity (Wildman–Crippen MR) is 62.6 cm³/mol. The molecule has 0 aliphatic carbocycles. The van der Waals surface area contributed by atoms with Gasteiger partial charge in [0.1, 0.15) is 0 Å². The molecule has 7 nitrogen and oxygen atoms in total. The summed E-state index contributed by atoms with van der Waals surface area (Å²) in [6.07, 6.45) is 3.95. The predicted octanol–water partition coefficient (Wildman–Crippen LogP) is 1.16. The Morgan fingerprint density at radius 1 is 1.56 bits per heavy atom. The Labute approximate surface area is 103 Å². The lowest BCUT2D eigenvalue weighted by Gasteiger charge is -2.13. The number of carbonyl (C=O) groups is 1. The van der Waals surface area contributed by atoms with Crippen molar-refractivity contribution in [2.24, 2.45) is 0 Å². The molecule has 0 fully saturated rings. The van der Waals surface area contributed by atoms with E-state index in [9.17, 15) is 4.79 Å². The standard InChI is InChI=1S/C11H13N5O2/c1-2-9(6-10(17)18)16-11(13-14-15-16)8-4-3-5-12-7-8/h3-5,7,9H,2,6H2,1H3,(H,17,18). The van der Waals surface area contributed by atoms with Gasteiger partial charge in [0, 0.05) is 18.0 Å². The first-order chi connectivity index (χ1) is 8.72. The Balaban J connectivity index is 2.35. The summed E-state index contributed by atoms with van der Waals surface area (Å²) in [5.41, 5.74) is 0.770. The van der Waals surface area contributed by atoms with Crippen LogP contribution in [0, 0.1) is 0 Å². The third kappa shape index (κ3) is 2.50. The van der Waals surface area contributed by atoms with Gasteiger partial charge in [-0.25, -0.2) is 4.68 Å². The quantitative estimate of drug-likeness (QED) is 0.852. The van der Waals surface area contributed by atoms with Crippen LogP contribution in [0.25, 0.3) is 11.4 Å². The van der Waals surface area contributed by atoms with Crippen LogP contribution in [0.15, 0.2) is 24.5 Å². The molecular weight excluding hydrogens is 234 g/mol. The number of tetrazole rings is 1. The van der Waals surface area contributed by atoms with Crippen molar-refractivity contribution in [3.8, 4) is 11.4 Å². The first-order valence-corrected chi connectivity index (χ1v) is 5.62. The highest BCUT2D eigenvalue weighted by molar-refractivity contribution is 5.67. The molecule has 94 valence electrons. The number of hydrogen-bond acceptors (Lipinski definition) is 5. The van der Waals surface area contributed by atoms with Crippen LogP contribution in [0.5, 0.6) is 0 Å². The van der Waals surface area contributed by atoms with Crippen molar-refractivity contribution >= 4 is 5.97 Å². The van der Waals surface area contributed by atoms with Crippen molar-refractivity contribution in [1.29, 1.82) is 0 Å². The van der Waals surface area contributed by atoms with E-state index in [2.05, 4.69) is 20.5 Å². The third-order valence-corrected chi connectivity index (χ3v) is 2.64. The van der Waals surface area contributed by atoms with Gasteiger partial charge in [-0.2, -0.15) is 0 Å². The molecule has 0 spiro atoms. The average molecular weight is 247 g/mol. The van der Waals surface area contributed by atoms with Gasteiger partial charge in [-0.15, -0.1) is 5.10 Å². The Bertz CT molecular complexity index is 525. The van der Waals surface area contributed by atoms with Crippen LogP contribution in [0.2, 0.25) is 0 Å². The molecule has 2 aromatic rings. The van der Waals surface area contributed by atoms with E-state index < -0.39 is 5.97 Å². The van der Waals surface area contributed by atoms with Gasteiger partial charge in [0.05, 0.1) is 12.5 Å². The molecule has 1 N–H and O–H groups in total. The van der Waals surface area contributed by atoms with Gasteiger partial charge >= 0.3 is 5.97 Å². The molecule has 0 aliphatic heterocycles. The number of pyridine rings is 1.